The molecule has 5 unspecified atom stereocenters. The Bertz CT molecular complexity index is 386. The van der Waals surface area contributed by atoms with E-state index in [2.05, 4.69) is 6.58 Å². The number of rotatable bonds is 2. The van der Waals surface area contributed by atoms with Crippen LogP contribution in [0.5, 0.6) is 0 Å². The topological polar surface area (TPSA) is 52.6 Å². The summed E-state index contributed by atoms with van der Waals surface area (Å²) >= 11 is 0. The van der Waals surface area contributed by atoms with Crippen molar-refractivity contribution in [1.29, 1.82) is 0 Å². The second-order valence-corrected chi connectivity index (χ2v) is 5.05. The summed E-state index contributed by atoms with van der Waals surface area (Å²) in [5, 5.41) is 0. The molecule has 0 radical (unpaired) electrons. The first-order valence-electron chi connectivity index (χ1n) is 5.65. The highest BCUT2D eigenvalue weighted by atomic mass is 16.6. The minimum atomic E-state index is -0.279. The van der Waals surface area contributed by atoms with Crippen LogP contribution in [-0.2, 0) is 19.1 Å². The molecule has 86 valence electrons. The van der Waals surface area contributed by atoms with Crippen molar-refractivity contribution in [3.8, 4) is 0 Å². The van der Waals surface area contributed by atoms with Gasteiger partial charge in [-0.3, -0.25) is 9.59 Å². The Morgan fingerprint density at radius 1 is 1.50 bits per heavy atom. The Morgan fingerprint density at radius 3 is 2.94 bits per heavy atom. The maximum atomic E-state index is 11.9. The monoisotopic (exact) mass is 222 g/mol. The van der Waals surface area contributed by atoms with Crippen LogP contribution < -0.4 is 0 Å². The van der Waals surface area contributed by atoms with Crippen molar-refractivity contribution in [3.63, 3.8) is 0 Å². The Hall–Kier alpha value is -1.32. The van der Waals surface area contributed by atoms with Crippen molar-refractivity contribution in [2.75, 3.05) is 0 Å². The molecule has 3 fully saturated rings. The highest BCUT2D eigenvalue weighted by molar-refractivity contribution is 5.81. The van der Waals surface area contributed by atoms with E-state index in [1.54, 1.807) is 6.92 Å². The maximum absolute atomic E-state index is 11.9. The van der Waals surface area contributed by atoms with Crippen LogP contribution in [0.2, 0.25) is 0 Å². The van der Waals surface area contributed by atoms with E-state index < -0.39 is 0 Å². The van der Waals surface area contributed by atoms with Crippen molar-refractivity contribution in [3.05, 3.63) is 12.3 Å². The molecule has 2 saturated carbocycles. The van der Waals surface area contributed by atoms with E-state index in [-0.39, 0.29) is 41.7 Å². The van der Waals surface area contributed by atoms with Gasteiger partial charge in [-0.05, 0) is 25.7 Å². The maximum Gasteiger partial charge on any atom is 0.318 e. The number of carbonyl (C=O) groups excluding carboxylic acids is 2. The molecule has 0 spiro atoms. The van der Waals surface area contributed by atoms with Crippen LogP contribution in [-0.4, -0.2) is 18.0 Å². The van der Waals surface area contributed by atoms with Gasteiger partial charge in [-0.15, -0.1) is 0 Å². The van der Waals surface area contributed by atoms with Crippen LogP contribution in [0.3, 0.4) is 0 Å². The molecule has 1 aliphatic heterocycles. The van der Waals surface area contributed by atoms with Crippen molar-refractivity contribution in [1.82, 2.24) is 0 Å². The van der Waals surface area contributed by atoms with Crippen molar-refractivity contribution in [2.24, 2.45) is 23.7 Å². The van der Waals surface area contributed by atoms with Gasteiger partial charge in [0.2, 0.25) is 0 Å². The third-order valence-electron chi connectivity index (χ3n) is 4.03. The molecule has 1 saturated heterocycles. The van der Waals surface area contributed by atoms with Crippen LogP contribution in [0.25, 0.3) is 0 Å². The van der Waals surface area contributed by atoms with Gasteiger partial charge in [-0.1, -0.05) is 6.58 Å². The molecule has 2 aliphatic carbocycles. The first-order valence-corrected chi connectivity index (χ1v) is 5.65. The van der Waals surface area contributed by atoms with Gasteiger partial charge in [-0.25, -0.2) is 0 Å². The third-order valence-corrected chi connectivity index (χ3v) is 4.03. The number of hydrogen-bond donors (Lipinski definition) is 0. The van der Waals surface area contributed by atoms with Crippen molar-refractivity contribution < 1.29 is 19.1 Å². The summed E-state index contributed by atoms with van der Waals surface area (Å²) in [6, 6.07) is 0. The fourth-order valence-corrected chi connectivity index (χ4v) is 3.52. The Balaban J connectivity index is 1.82. The summed E-state index contributed by atoms with van der Waals surface area (Å²) in [7, 11) is 0. The van der Waals surface area contributed by atoms with E-state index in [0.717, 1.165) is 12.8 Å². The van der Waals surface area contributed by atoms with Crippen LogP contribution in [0.4, 0.5) is 0 Å². The minimum absolute atomic E-state index is 0.0453. The molecule has 5 atom stereocenters. The Kier molecular flexibility index (Phi) is 1.91. The molecule has 0 aromatic rings. The zero-order valence-corrected chi connectivity index (χ0v) is 9.14. The van der Waals surface area contributed by atoms with E-state index in [0.29, 0.717) is 5.76 Å². The number of fused-ring (bicyclic) bond motifs is 1. The lowest BCUT2D eigenvalue weighted by molar-refractivity contribution is -0.153. The number of hydrogen-bond acceptors (Lipinski definition) is 4. The molecule has 0 aromatic carbocycles. The van der Waals surface area contributed by atoms with Gasteiger partial charge in [0, 0.05) is 5.92 Å². The first kappa shape index (κ1) is 9.87. The smallest absolute Gasteiger partial charge is 0.318 e. The summed E-state index contributed by atoms with van der Waals surface area (Å²) in [6.07, 6.45) is 1.48. The standard InChI is InChI=1S/C12H14O4/c1-5(2)15-12(14)9-6-3-7-8(4-6)11(13)16-10(7)9/h6-10H,1,3-4H2,2H3. The van der Waals surface area contributed by atoms with E-state index in [4.69, 9.17) is 9.47 Å². The van der Waals surface area contributed by atoms with Gasteiger partial charge in [0.05, 0.1) is 17.6 Å². The molecule has 0 aromatic heterocycles. The average Bonchev–Trinajstić information content (AvgIpc) is 2.75. The van der Waals surface area contributed by atoms with Crippen LogP contribution in [0, 0.1) is 23.7 Å². The Labute approximate surface area is 93.6 Å². The van der Waals surface area contributed by atoms with Gasteiger partial charge < -0.3 is 9.47 Å². The molecule has 0 amide bonds. The van der Waals surface area contributed by atoms with Gasteiger partial charge in [0.1, 0.15) is 6.10 Å². The van der Waals surface area contributed by atoms with E-state index in [1.807, 2.05) is 0 Å². The summed E-state index contributed by atoms with van der Waals surface area (Å²) in [5.74, 6) is 0.293. The quantitative estimate of drug-likeness (QED) is 0.521. The SMILES string of the molecule is C=C(C)OC(=O)C1C2CC3C(=O)OC1C3C2. The summed E-state index contributed by atoms with van der Waals surface area (Å²) in [6.45, 7) is 5.20. The average molecular weight is 222 g/mol. The molecule has 3 aliphatic rings. The zero-order chi connectivity index (χ0) is 11.4. The summed E-state index contributed by atoms with van der Waals surface area (Å²) in [4.78, 5) is 23.4. The number of ether oxygens (including phenoxy) is 2. The van der Waals surface area contributed by atoms with Gasteiger partial charge >= 0.3 is 11.9 Å². The molecule has 0 N–H and O–H groups in total. The van der Waals surface area contributed by atoms with Crippen molar-refractivity contribution >= 4 is 11.9 Å². The lowest BCUT2D eigenvalue weighted by Gasteiger charge is -2.23. The normalized spacial score (nSPS) is 43.3. The van der Waals surface area contributed by atoms with E-state index in [9.17, 15) is 9.59 Å². The molecule has 2 bridgehead atoms. The van der Waals surface area contributed by atoms with Gasteiger partial charge in [0.25, 0.3) is 0 Å². The molecule has 3 rings (SSSR count). The minimum Gasteiger partial charge on any atom is -0.461 e. The Morgan fingerprint density at radius 2 is 2.25 bits per heavy atom. The second kappa shape index (κ2) is 3.09. The number of allylic oxidation sites excluding steroid dienone is 1. The first-order chi connectivity index (χ1) is 7.58. The van der Waals surface area contributed by atoms with Crippen LogP contribution >= 0.6 is 0 Å². The second-order valence-electron chi connectivity index (χ2n) is 5.05. The lowest BCUT2D eigenvalue weighted by atomic mass is 9.82. The predicted octanol–water partition coefficient (Wildman–Crippen LogP) is 1.26. The van der Waals surface area contributed by atoms with Crippen LogP contribution in [0.15, 0.2) is 12.3 Å². The van der Waals surface area contributed by atoms with Gasteiger partial charge in [-0.2, -0.15) is 0 Å². The van der Waals surface area contributed by atoms with Crippen molar-refractivity contribution in [2.45, 2.75) is 25.9 Å². The largest absolute Gasteiger partial charge is 0.461 e. The van der Waals surface area contributed by atoms with E-state index >= 15 is 0 Å². The predicted molar refractivity (Wildman–Crippen MR) is 54.0 cm³/mol. The lowest BCUT2D eigenvalue weighted by Crippen LogP contribution is -2.34. The molecule has 16 heavy (non-hydrogen) atoms. The highest BCUT2D eigenvalue weighted by Gasteiger charge is 2.64. The molecular weight excluding hydrogens is 208 g/mol. The van der Waals surface area contributed by atoms with Crippen LogP contribution in [0.1, 0.15) is 19.8 Å². The van der Waals surface area contributed by atoms with E-state index in [1.165, 1.54) is 0 Å². The fraction of sp³-hybridized carbons (Fsp3) is 0.667. The van der Waals surface area contributed by atoms with Gasteiger partial charge in [0.15, 0.2) is 0 Å². The molecular formula is C12H14O4. The molecule has 4 nitrogen and oxygen atoms in total. The zero-order valence-electron chi connectivity index (χ0n) is 9.14. The number of carbonyl (C=O) groups is 2. The molecule has 1 heterocycles. The fourth-order valence-electron chi connectivity index (χ4n) is 3.52. The summed E-state index contributed by atoms with van der Waals surface area (Å²) in [5.41, 5.74) is 0. The number of esters is 2. The molecule has 4 heteroatoms. The highest BCUT2D eigenvalue weighted by Crippen LogP contribution is 2.57. The summed E-state index contributed by atoms with van der Waals surface area (Å²) < 4.78 is 10.3. The third kappa shape index (κ3) is 1.16.